The molecule has 0 bridgehead atoms. The fourth-order valence-electron chi connectivity index (χ4n) is 2.37. The van der Waals surface area contributed by atoms with Crippen LogP contribution in [0.1, 0.15) is 12.8 Å². The van der Waals surface area contributed by atoms with E-state index in [0.29, 0.717) is 19.1 Å². The van der Waals surface area contributed by atoms with E-state index in [1.165, 1.54) is 12.8 Å². The maximum Gasteiger partial charge on any atom is 0.0971 e. The monoisotopic (exact) mass is 244 g/mol. The zero-order valence-electron chi connectivity index (χ0n) is 10.8. The fourth-order valence-corrected chi connectivity index (χ4v) is 2.37. The van der Waals surface area contributed by atoms with Gasteiger partial charge in [-0.05, 0) is 12.8 Å². The van der Waals surface area contributed by atoms with Gasteiger partial charge >= 0.3 is 0 Å². The number of ether oxygens (including phenoxy) is 2. The molecule has 1 heterocycles. The summed E-state index contributed by atoms with van der Waals surface area (Å²) in [6.07, 6.45) is 2.47. The zero-order chi connectivity index (χ0) is 12.3. The number of aliphatic hydroxyl groups excluding tert-OH is 1. The molecule has 1 aliphatic heterocycles. The van der Waals surface area contributed by atoms with Crippen LogP contribution in [-0.2, 0) is 9.47 Å². The summed E-state index contributed by atoms with van der Waals surface area (Å²) >= 11 is 0. The second-order valence-electron chi connectivity index (χ2n) is 5.10. The van der Waals surface area contributed by atoms with Gasteiger partial charge in [0.2, 0.25) is 0 Å². The molecule has 3 atom stereocenters. The third kappa shape index (κ3) is 3.89. The topological polar surface area (TPSA) is 54.0 Å². The predicted molar refractivity (Wildman–Crippen MR) is 65.1 cm³/mol. The van der Waals surface area contributed by atoms with Gasteiger partial charge in [-0.25, -0.2) is 0 Å². The van der Waals surface area contributed by atoms with Crippen LogP contribution in [0, 0.1) is 0 Å². The molecule has 0 radical (unpaired) electrons. The summed E-state index contributed by atoms with van der Waals surface area (Å²) < 4.78 is 10.7. The minimum Gasteiger partial charge on any atom is -0.390 e. The number of methoxy groups -OCH3 is 2. The summed E-state index contributed by atoms with van der Waals surface area (Å²) in [5.74, 6) is 0. The molecule has 2 fully saturated rings. The van der Waals surface area contributed by atoms with E-state index in [2.05, 4.69) is 10.2 Å². The number of likely N-dealkylation sites (tertiary alicyclic amines) is 1. The van der Waals surface area contributed by atoms with E-state index in [1.807, 2.05) is 0 Å². The molecule has 5 heteroatoms. The SMILES string of the molecule is COC1CN(CC(O)CNC2CC2)CC1OC. The number of aliphatic hydroxyl groups is 1. The van der Waals surface area contributed by atoms with Crippen LogP contribution in [0.2, 0.25) is 0 Å². The average molecular weight is 244 g/mol. The molecule has 1 saturated carbocycles. The van der Waals surface area contributed by atoms with Crippen molar-refractivity contribution in [1.29, 1.82) is 0 Å². The molecular weight excluding hydrogens is 220 g/mol. The highest BCUT2D eigenvalue weighted by molar-refractivity contribution is 4.88. The summed E-state index contributed by atoms with van der Waals surface area (Å²) in [7, 11) is 3.43. The quantitative estimate of drug-likeness (QED) is 0.629. The highest BCUT2D eigenvalue weighted by atomic mass is 16.5. The van der Waals surface area contributed by atoms with Crippen molar-refractivity contribution in [1.82, 2.24) is 10.2 Å². The molecule has 0 aromatic rings. The van der Waals surface area contributed by atoms with Gasteiger partial charge in [-0.3, -0.25) is 4.90 Å². The van der Waals surface area contributed by atoms with Gasteiger partial charge in [-0.1, -0.05) is 0 Å². The van der Waals surface area contributed by atoms with Crippen LogP contribution < -0.4 is 5.32 Å². The fraction of sp³-hybridized carbons (Fsp3) is 1.00. The molecule has 0 aromatic carbocycles. The molecular formula is C12H24N2O3. The Kier molecular flexibility index (Phi) is 4.76. The smallest absolute Gasteiger partial charge is 0.0971 e. The first-order chi connectivity index (χ1) is 8.22. The average Bonchev–Trinajstić information content (AvgIpc) is 3.07. The number of hydrogen-bond donors (Lipinski definition) is 2. The number of β-amino-alcohol motifs (C(OH)–C–C–N with tert-alkyl or cyclic N) is 1. The Morgan fingerprint density at radius 1 is 1.24 bits per heavy atom. The highest BCUT2D eigenvalue weighted by Gasteiger charge is 2.33. The Hall–Kier alpha value is -0.200. The Labute approximate surface area is 103 Å². The molecule has 3 unspecified atom stereocenters. The molecule has 2 aliphatic rings. The van der Waals surface area contributed by atoms with Crippen LogP contribution in [0.15, 0.2) is 0 Å². The van der Waals surface area contributed by atoms with E-state index in [0.717, 1.165) is 13.1 Å². The first-order valence-electron chi connectivity index (χ1n) is 6.42. The van der Waals surface area contributed by atoms with Gasteiger partial charge in [0.15, 0.2) is 0 Å². The molecule has 100 valence electrons. The lowest BCUT2D eigenvalue weighted by molar-refractivity contribution is -0.00461. The van der Waals surface area contributed by atoms with Crippen molar-refractivity contribution in [2.45, 2.75) is 37.2 Å². The Bertz CT molecular complexity index is 224. The summed E-state index contributed by atoms with van der Waals surface area (Å²) in [5, 5.41) is 13.3. The highest BCUT2D eigenvalue weighted by Crippen LogP contribution is 2.19. The van der Waals surface area contributed by atoms with E-state index in [4.69, 9.17) is 9.47 Å². The minimum atomic E-state index is -0.302. The van der Waals surface area contributed by atoms with Crippen LogP contribution in [0.5, 0.6) is 0 Å². The lowest BCUT2D eigenvalue weighted by Crippen LogP contribution is -2.38. The van der Waals surface area contributed by atoms with Crippen molar-refractivity contribution < 1.29 is 14.6 Å². The van der Waals surface area contributed by atoms with Gasteiger partial charge in [0.1, 0.15) is 0 Å². The molecule has 2 rings (SSSR count). The van der Waals surface area contributed by atoms with E-state index < -0.39 is 0 Å². The van der Waals surface area contributed by atoms with Gasteiger partial charge in [-0.15, -0.1) is 0 Å². The lowest BCUT2D eigenvalue weighted by Gasteiger charge is -2.19. The maximum absolute atomic E-state index is 9.92. The molecule has 17 heavy (non-hydrogen) atoms. The number of hydrogen-bond acceptors (Lipinski definition) is 5. The molecule has 0 aromatic heterocycles. The zero-order valence-corrected chi connectivity index (χ0v) is 10.8. The van der Waals surface area contributed by atoms with E-state index in [9.17, 15) is 5.11 Å². The second kappa shape index (κ2) is 6.11. The van der Waals surface area contributed by atoms with Crippen molar-refractivity contribution in [3.8, 4) is 0 Å². The third-order valence-corrected chi connectivity index (χ3v) is 3.58. The Balaban J connectivity index is 1.67. The molecule has 0 amide bonds. The summed E-state index contributed by atoms with van der Waals surface area (Å²) in [6.45, 7) is 3.07. The van der Waals surface area contributed by atoms with Gasteiger partial charge < -0.3 is 19.9 Å². The third-order valence-electron chi connectivity index (χ3n) is 3.58. The first-order valence-corrected chi connectivity index (χ1v) is 6.42. The van der Waals surface area contributed by atoms with Gasteiger partial charge in [0, 0.05) is 46.4 Å². The summed E-state index contributed by atoms with van der Waals surface area (Å²) in [5.41, 5.74) is 0. The second-order valence-corrected chi connectivity index (χ2v) is 5.10. The van der Waals surface area contributed by atoms with Crippen molar-refractivity contribution in [2.24, 2.45) is 0 Å². The van der Waals surface area contributed by atoms with Crippen molar-refractivity contribution >= 4 is 0 Å². The molecule has 2 N–H and O–H groups in total. The maximum atomic E-state index is 9.92. The number of nitrogens with one attached hydrogen (secondary N) is 1. The molecule has 1 saturated heterocycles. The largest absolute Gasteiger partial charge is 0.390 e. The Morgan fingerprint density at radius 3 is 2.29 bits per heavy atom. The van der Waals surface area contributed by atoms with Crippen molar-refractivity contribution in [3.05, 3.63) is 0 Å². The van der Waals surface area contributed by atoms with E-state index in [1.54, 1.807) is 14.2 Å². The molecule has 1 aliphatic carbocycles. The summed E-state index contributed by atoms with van der Waals surface area (Å²) in [4.78, 5) is 2.21. The summed E-state index contributed by atoms with van der Waals surface area (Å²) in [6, 6.07) is 0.654. The molecule has 5 nitrogen and oxygen atoms in total. The van der Waals surface area contributed by atoms with Crippen molar-refractivity contribution in [2.75, 3.05) is 40.4 Å². The van der Waals surface area contributed by atoms with Gasteiger partial charge in [0.25, 0.3) is 0 Å². The van der Waals surface area contributed by atoms with Crippen molar-refractivity contribution in [3.63, 3.8) is 0 Å². The predicted octanol–water partition coefficient (Wildman–Crippen LogP) is -0.555. The van der Waals surface area contributed by atoms with Crippen LogP contribution in [0.3, 0.4) is 0 Å². The van der Waals surface area contributed by atoms with Gasteiger partial charge in [0.05, 0.1) is 18.3 Å². The van der Waals surface area contributed by atoms with E-state index >= 15 is 0 Å². The minimum absolute atomic E-state index is 0.128. The number of nitrogens with zero attached hydrogens (tertiary/aromatic N) is 1. The van der Waals surface area contributed by atoms with E-state index in [-0.39, 0.29) is 18.3 Å². The number of rotatable bonds is 7. The standard InChI is InChI=1S/C12H24N2O3/c1-16-11-7-14(8-12(11)17-2)6-10(15)5-13-9-3-4-9/h9-13,15H,3-8H2,1-2H3. The molecule has 0 spiro atoms. The van der Waals surface area contributed by atoms with Crippen LogP contribution >= 0.6 is 0 Å². The first kappa shape index (κ1) is 13.2. The van der Waals surface area contributed by atoms with Crippen LogP contribution in [0.25, 0.3) is 0 Å². The van der Waals surface area contributed by atoms with Gasteiger partial charge in [-0.2, -0.15) is 0 Å². The normalized spacial score (nSPS) is 31.9. The van der Waals surface area contributed by atoms with Crippen LogP contribution in [0.4, 0.5) is 0 Å². The lowest BCUT2D eigenvalue weighted by atomic mass is 10.3. The Morgan fingerprint density at radius 2 is 1.82 bits per heavy atom. The van der Waals surface area contributed by atoms with Crippen LogP contribution in [-0.4, -0.2) is 74.8 Å².